The van der Waals surface area contributed by atoms with E-state index in [1.165, 1.54) is 10.9 Å². The summed E-state index contributed by atoms with van der Waals surface area (Å²) in [5.41, 5.74) is 1.00. The molecule has 0 aliphatic heterocycles. The number of alkyl halides is 3. The summed E-state index contributed by atoms with van der Waals surface area (Å²) in [6, 6.07) is 13.2. The first-order chi connectivity index (χ1) is 17.7. The Balaban J connectivity index is 1.22. The molecule has 3 heterocycles. The van der Waals surface area contributed by atoms with Gasteiger partial charge in [-0.1, -0.05) is 12.1 Å². The Hall–Kier alpha value is -3.80. The molecule has 1 aromatic carbocycles. The quantitative estimate of drug-likeness (QED) is 0.339. The van der Waals surface area contributed by atoms with Crippen molar-refractivity contribution in [2.75, 3.05) is 5.32 Å². The fourth-order valence-electron chi connectivity index (χ4n) is 4.48. The monoisotopic (exact) mass is 527 g/mol. The van der Waals surface area contributed by atoms with Crippen LogP contribution in [0.25, 0.3) is 16.9 Å². The van der Waals surface area contributed by atoms with Gasteiger partial charge >= 0.3 is 6.18 Å². The van der Waals surface area contributed by atoms with E-state index in [1.807, 2.05) is 24.3 Å². The molecule has 0 amide bonds. The first-order valence-corrected chi connectivity index (χ1v) is 13.3. The molecule has 12 heteroatoms. The summed E-state index contributed by atoms with van der Waals surface area (Å²) in [6.07, 6.45) is 3.67. The Morgan fingerprint density at radius 2 is 1.59 bits per heavy atom. The molecule has 1 aliphatic carbocycles. The van der Waals surface area contributed by atoms with Crippen LogP contribution < -0.4 is 5.32 Å². The number of benzene rings is 1. The van der Waals surface area contributed by atoms with Crippen LogP contribution in [-0.4, -0.2) is 40.5 Å². The zero-order valence-electron chi connectivity index (χ0n) is 19.6. The summed E-state index contributed by atoms with van der Waals surface area (Å²) >= 11 is 0. The van der Waals surface area contributed by atoms with Gasteiger partial charge in [0.2, 0.25) is 0 Å². The van der Waals surface area contributed by atoms with Gasteiger partial charge in [0.05, 0.1) is 27.7 Å². The second kappa shape index (κ2) is 9.92. The van der Waals surface area contributed by atoms with Crippen LogP contribution in [0.15, 0.2) is 78.2 Å². The minimum Gasteiger partial charge on any atom is -0.367 e. The molecule has 1 unspecified atom stereocenters. The predicted molar refractivity (Wildman–Crippen MR) is 133 cm³/mol. The average Bonchev–Trinajstić information content (AvgIpc) is 3.44. The van der Waals surface area contributed by atoms with Crippen molar-refractivity contribution >= 4 is 15.5 Å². The lowest BCUT2D eigenvalue weighted by molar-refractivity contribution is -0.137. The standard InChI is InChI=1S/C25H24F3N7OS/c26-25(27,28)19-3-10-23(31-16-19)34-20-4-8-22(9-5-20)37(29,36)21-6-1-17(2-7-21)18-11-12-30-24(15-18)35-32-13-14-33-35/h1-3,6-7,10-16,20,22,29H,4-5,8-9H2,(H,31,34). The molecule has 0 spiro atoms. The van der Waals surface area contributed by atoms with E-state index in [0.717, 1.165) is 23.4 Å². The first-order valence-electron chi connectivity index (χ1n) is 11.7. The summed E-state index contributed by atoms with van der Waals surface area (Å²) in [6.45, 7) is 0. The minimum absolute atomic E-state index is 0.00299. The highest BCUT2D eigenvalue weighted by Crippen LogP contribution is 2.33. The number of nitrogens with zero attached hydrogens (tertiary/aromatic N) is 5. The van der Waals surface area contributed by atoms with Crippen LogP contribution in [-0.2, 0) is 15.9 Å². The highest BCUT2D eigenvalue weighted by atomic mass is 32.2. The van der Waals surface area contributed by atoms with E-state index in [0.29, 0.717) is 42.2 Å². The maximum Gasteiger partial charge on any atom is 0.417 e. The predicted octanol–water partition coefficient (Wildman–Crippen LogP) is 5.57. The molecule has 0 bridgehead atoms. The van der Waals surface area contributed by atoms with Crippen molar-refractivity contribution in [3.05, 3.63) is 78.9 Å². The van der Waals surface area contributed by atoms with Gasteiger partial charge in [0.25, 0.3) is 0 Å². The molecule has 1 aliphatic rings. The van der Waals surface area contributed by atoms with Gasteiger partial charge in [0, 0.05) is 28.6 Å². The van der Waals surface area contributed by atoms with Gasteiger partial charge in [0.15, 0.2) is 5.82 Å². The number of pyridine rings is 2. The largest absolute Gasteiger partial charge is 0.417 e. The Morgan fingerprint density at radius 3 is 2.22 bits per heavy atom. The summed E-state index contributed by atoms with van der Waals surface area (Å²) < 4.78 is 60.4. The molecule has 5 rings (SSSR count). The summed E-state index contributed by atoms with van der Waals surface area (Å²) in [5, 5.41) is 11.1. The van der Waals surface area contributed by atoms with Crippen LogP contribution in [0.1, 0.15) is 31.2 Å². The van der Waals surface area contributed by atoms with Crippen LogP contribution in [0.4, 0.5) is 19.0 Å². The Bertz CT molecular complexity index is 1450. The molecule has 3 aromatic heterocycles. The minimum atomic E-state index is -4.42. The van der Waals surface area contributed by atoms with Crippen LogP contribution in [0.5, 0.6) is 0 Å². The van der Waals surface area contributed by atoms with Crippen molar-refractivity contribution < 1.29 is 17.4 Å². The Kier molecular flexibility index (Phi) is 6.67. The molecule has 4 aromatic rings. The van der Waals surface area contributed by atoms with E-state index in [4.69, 9.17) is 4.78 Å². The van der Waals surface area contributed by atoms with Crippen molar-refractivity contribution in [3.63, 3.8) is 0 Å². The van der Waals surface area contributed by atoms with Crippen molar-refractivity contribution in [1.82, 2.24) is 25.0 Å². The number of aromatic nitrogens is 5. The topological polar surface area (TPSA) is 109 Å². The highest BCUT2D eigenvalue weighted by molar-refractivity contribution is 7.93. The van der Waals surface area contributed by atoms with E-state index in [2.05, 4.69) is 25.5 Å². The molecule has 0 radical (unpaired) electrons. The summed E-state index contributed by atoms with van der Waals surface area (Å²) in [4.78, 5) is 10.1. The molecular formula is C25H24F3N7OS. The summed E-state index contributed by atoms with van der Waals surface area (Å²) in [7, 11) is -3.03. The number of anilines is 1. The van der Waals surface area contributed by atoms with Gasteiger partial charge in [-0.05, 0) is 73.2 Å². The molecule has 1 atom stereocenters. The molecule has 0 saturated heterocycles. The van der Waals surface area contributed by atoms with Crippen molar-refractivity contribution in [2.45, 2.75) is 48.0 Å². The molecule has 1 saturated carbocycles. The molecule has 8 nitrogen and oxygen atoms in total. The van der Waals surface area contributed by atoms with Crippen LogP contribution >= 0.6 is 0 Å². The van der Waals surface area contributed by atoms with Crippen molar-refractivity contribution in [1.29, 1.82) is 4.78 Å². The normalized spacial score (nSPS) is 19.8. The third kappa shape index (κ3) is 5.48. The van der Waals surface area contributed by atoms with Crippen LogP contribution in [0, 0.1) is 4.78 Å². The molecular weight excluding hydrogens is 503 g/mol. The second-order valence-electron chi connectivity index (χ2n) is 8.89. The van der Waals surface area contributed by atoms with Crippen LogP contribution in [0.3, 0.4) is 0 Å². The lowest BCUT2D eigenvalue weighted by Crippen LogP contribution is -2.32. The molecule has 37 heavy (non-hydrogen) atoms. The fraction of sp³-hybridized carbons (Fsp3) is 0.280. The van der Waals surface area contributed by atoms with E-state index >= 15 is 0 Å². The third-order valence-electron chi connectivity index (χ3n) is 6.49. The maximum atomic E-state index is 13.5. The molecule has 2 N–H and O–H groups in total. The number of nitrogens with one attached hydrogen (secondary N) is 2. The van der Waals surface area contributed by atoms with E-state index in [9.17, 15) is 17.4 Å². The van der Waals surface area contributed by atoms with E-state index in [1.54, 1.807) is 30.7 Å². The SMILES string of the molecule is N=S(=O)(c1ccc(-c2ccnc(-n3nccn3)c2)cc1)C1CCC(Nc2ccc(C(F)(F)F)cn2)CC1. The summed E-state index contributed by atoms with van der Waals surface area (Å²) in [5.74, 6) is 0.953. The lowest BCUT2D eigenvalue weighted by Gasteiger charge is -2.30. The zero-order valence-corrected chi connectivity index (χ0v) is 20.4. The van der Waals surface area contributed by atoms with Gasteiger partial charge in [-0.2, -0.15) is 23.4 Å². The van der Waals surface area contributed by atoms with Gasteiger partial charge in [0.1, 0.15) is 5.82 Å². The molecule has 192 valence electrons. The van der Waals surface area contributed by atoms with Crippen LogP contribution in [0.2, 0.25) is 0 Å². The average molecular weight is 528 g/mol. The van der Waals surface area contributed by atoms with E-state index < -0.39 is 21.5 Å². The maximum absolute atomic E-state index is 13.5. The van der Waals surface area contributed by atoms with E-state index in [-0.39, 0.29) is 11.3 Å². The lowest BCUT2D eigenvalue weighted by atomic mass is 9.95. The Labute approximate surface area is 212 Å². The highest BCUT2D eigenvalue weighted by Gasteiger charge is 2.32. The van der Waals surface area contributed by atoms with Gasteiger partial charge in [-0.3, -0.25) is 0 Å². The zero-order chi connectivity index (χ0) is 26.0. The number of hydrogen-bond donors (Lipinski definition) is 2. The number of hydrogen-bond acceptors (Lipinski definition) is 7. The number of rotatable bonds is 6. The third-order valence-corrected chi connectivity index (χ3v) is 8.88. The van der Waals surface area contributed by atoms with Crippen molar-refractivity contribution in [2.24, 2.45) is 0 Å². The molecule has 1 fully saturated rings. The number of halogens is 3. The first kappa shape index (κ1) is 24.9. The van der Waals surface area contributed by atoms with Gasteiger partial charge < -0.3 is 5.32 Å². The second-order valence-corrected chi connectivity index (χ2v) is 11.2. The van der Waals surface area contributed by atoms with Crippen molar-refractivity contribution in [3.8, 4) is 16.9 Å². The smallest absolute Gasteiger partial charge is 0.367 e. The van der Waals surface area contributed by atoms with Gasteiger partial charge in [-0.25, -0.2) is 19.0 Å². The fourth-order valence-corrected chi connectivity index (χ4v) is 6.34. The Morgan fingerprint density at radius 1 is 0.892 bits per heavy atom. The van der Waals surface area contributed by atoms with Gasteiger partial charge in [-0.15, -0.1) is 4.80 Å².